The highest BCUT2D eigenvalue weighted by atomic mass is 35.5. The summed E-state index contributed by atoms with van der Waals surface area (Å²) in [4.78, 5) is 37.5. The van der Waals surface area contributed by atoms with Crippen molar-refractivity contribution in [2.45, 2.75) is 25.8 Å². The molecule has 0 bridgehead atoms. The van der Waals surface area contributed by atoms with E-state index in [2.05, 4.69) is 25.4 Å². The average Bonchev–Trinajstić information content (AvgIpc) is 3.27. The molecule has 214 valence electrons. The third kappa shape index (κ3) is 5.04. The minimum absolute atomic E-state index is 0.0381. The van der Waals surface area contributed by atoms with E-state index in [9.17, 15) is 18.0 Å². The molecule has 2 fully saturated rings. The number of anilines is 2. The smallest absolute Gasteiger partial charge is 0.285 e. The number of hydrogen-bond donors (Lipinski definition) is 3. The molecule has 1 unspecified atom stereocenters. The van der Waals surface area contributed by atoms with Gasteiger partial charge < -0.3 is 10.2 Å². The van der Waals surface area contributed by atoms with Crippen LogP contribution in [0.25, 0.3) is 10.9 Å². The third-order valence-corrected chi connectivity index (χ3v) is 8.65. The number of aryl methyl sites for hydroxylation is 1. The van der Waals surface area contributed by atoms with Gasteiger partial charge in [-0.15, -0.1) is 0 Å². The molecule has 1 amide bonds. The molecule has 1 aliphatic heterocycles. The molecular formula is C27H29ClN8O4S. The standard InChI is InChI=1S/C27H29ClN8O4S/c1-13-9-15(14(2)30-20-5-6-21(28)31-24(20)25(37)34-41(4,39)40)23-16(10-13)26(38)35(3)27(32-23)36-11-17-18(12-36)22(17)19-7-8-29-33-19/h5-10,14,17-18,22,30H,11-12H2,1-4H3,(H,29,33)(H,34,37)/t14-,17-,18+,22?/m1/s1. The lowest BCUT2D eigenvalue weighted by Gasteiger charge is -2.25. The summed E-state index contributed by atoms with van der Waals surface area (Å²) in [5, 5.41) is 10.9. The van der Waals surface area contributed by atoms with Crippen molar-refractivity contribution in [3.63, 3.8) is 0 Å². The Balaban J connectivity index is 1.34. The first-order valence-corrected chi connectivity index (χ1v) is 15.4. The second-order valence-electron chi connectivity index (χ2n) is 10.9. The maximum absolute atomic E-state index is 13.6. The first-order valence-electron chi connectivity index (χ1n) is 13.1. The van der Waals surface area contributed by atoms with E-state index in [1.165, 1.54) is 6.07 Å². The predicted molar refractivity (Wildman–Crippen MR) is 156 cm³/mol. The van der Waals surface area contributed by atoms with Gasteiger partial charge in [0.1, 0.15) is 5.15 Å². The number of H-pyrrole nitrogens is 1. The van der Waals surface area contributed by atoms with Crippen molar-refractivity contribution in [2.24, 2.45) is 18.9 Å². The van der Waals surface area contributed by atoms with Gasteiger partial charge >= 0.3 is 0 Å². The fourth-order valence-electron chi connectivity index (χ4n) is 6.01. The van der Waals surface area contributed by atoms with Crippen LogP contribution >= 0.6 is 11.6 Å². The second kappa shape index (κ2) is 9.84. The zero-order valence-corrected chi connectivity index (χ0v) is 24.4. The van der Waals surface area contributed by atoms with Crippen LogP contribution < -0.4 is 20.5 Å². The quantitative estimate of drug-likeness (QED) is 0.273. The number of sulfonamides is 1. The number of benzene rings is 1. The van der Waals surface area contributed by atoms with Crippen molar-refractivity contribution < 1.29 is 13.2 Å². The summed E-state index contributed by atoms with van der Waals surface area (Å²) in [7, 11) is -2.08. The van der Waals surface area contributed by atoms with Gasteiger partial charge in [-0.25, -0.2) is 23.1 Å². The van der Waals surface area contributed by atoms with Crippen molar-refractivity contribution in [1.29, 1.82) is 0 Å². The van der Waals surface area contributed by atoms with Crippen LogP contribution in [0, 0.1) is 18.8 Å². The van der Waals surface area contributed by atoms with Gasteiger partial charge in [0.2, 0.25) is 16.0 Å². The number of pyridine rings is 1. The van der Waals surface area contributed by atoms with Crippen LogP contribution in [0.4, 0.5) is 11.6 Å². The van der Waals surface area contributed by atoms with E-state index < -0.39 is 22.0 Å². The molecule has 1 aliphatic carbocycles. The minimum atomic E-state index is -3.82. The fraction of sp³-hybridized carbons (Fsp3) is 0.370. The summed E-state index contributed by atoms with van der Waals surface area (Å²) in [5.41, 5.74) is 3.31. The lowest BCUT2D eigenvalue weighted by molar-refractivity contribution is 0.0977. The van der Waals surface area contributed by atoms with E-state index in [1.54, 1.807) is 23.9 Å². The Morgan fingerprint density at radius 1 is 1.17 bits per heavy atom. The summed E-state index contributed by atoms with van der Waals surface area (Å²) in [6.07, 6.45) is 2.66. The van der Waals surface area contributed by atoms with Crippen LogP contribution in [0.2, 0.25) is 5.15 Å². The van der Waals surface area contributed by atoms with Gasteiger partial charge in [-0.1, -0.05) is 17.7 Å². The first-order chi connectivity index (χ1) is 19.4. The highest BCUT2D eigenvalue weighted by Crippen LogP contribution is 2.58. The molecule has 4 aromatic rings. The zero-order valence-electron chi connectivity index (χ0n) is 22.8. The summed E-state index contributed by atoms with van der Waals surface area (Å²) in [6.45, 7) is 5.37. The van der Waals surface area contributed by atoms with Gasteiger partial charge in [0.25, 0.3) is 11.5 Å². The zero-order chi connectivity index (χ0) is 29.2. The number of nitrogens with one attached hydrogen (secondary N) is 3. The molecule has 2 aliphatic rings. The minimum Gasteiger partial charge on any atom is -0.377 e. The number of hydrogen-bond acceptors (Lipinski definition) is 9. The van der Waals surface area contributed by atoms with Gasteiger partial charge in [0, 0.05) is 43.5 Å². The monoisotopic (exact) mass is 596 g/mol. The lowest BCUT2D eigenvalue weighted by atomic mass is 10.0. The van der Waals surface area contributed by atoms with Crippen LogP contribution in [0.5, 0.6) is 0 Å². The number of aromatic nitrogens is 5. The summed E-state index contributed by atoms with van der Waals surface area (Å²) in [5.74, 6) is 1.12. The predicted octanol–water partition coefficient (Wildman–Crippen LogP) is 2.73. The Morgan fingerprint density at radius 3 is 2.56 bits per heavy atom. The number of carbonyl (C=O) groups is 1. The number of carbonyl (C=O) groups excluding carboxylic acids is 1. The van der Waals surface area contributed by atoms with Gasteiger partial charge in [0.05, 0.1) is 28.9 Å². The van der Waals surface area contributed by atoms with Crippen molar-refractivity contribution >= 4 is 50.1 Å². The Labute approximate surface area is 241 Å². The number of aromatic amines is 1. The van der Waals surface area contributed by atoms with Gasteiger partial charge in [-0.05, 0) is 55.5 Å². The van der Waals surface area contributed by atoms with Crippen LogP contribution in [0.1, 0.15) is 46.2 Å². The summed E-state index contributed by atoms with van der Waals surface area (Å²) >= 11 is 6.02. The van der Waals surface area contributed by atoms with E-state index in [1.807, 2.05) is 36.8 Å². The second-order valence-corrected chi connectivity index (χ2v) is 13.0. The summed E-state index contributed by atoms with van der Waals surface area (Å²) < 4.78 is 26.9. The van der Waals surface area contributed by atoms with E-state index in [0.717, 1.165) is 36.2 Å². The van der Waals surface area contributed by atoms with Crippen LogP contribution in [0.3, 0.4) is 0 Å². The van der Waals surface area contributed by atoms with Gasteiger partial charge in [-0.2, -0.15) is 5.10 Å². The molecule has 14 heteroatoms. The van der Waals surface area contributed by atoms with Crippen molar-refractivity contribution in [1.82, 2.24) is 29.5 Å². The average molecular weight is 597 g/mol. The molecule has 3 aromatic heterocycles. The number of rotatable bonds is 7. The molecular weight excluding hydrogens is 568 g/mol. The molecule has 12 nitrogen and oxygen atoms in total. The SMILES string of the molecule is Cc1cc([C@@H](C)Nc2ccc(Cl)nc2C(=O)NS(C)(=O)=O)c2nc(N3C[C@@H]4C(c5ccn[nH]5)[C@@H]4C3)n(C)c(=O)c2c1. The highest BCUT2D eigenvalue weighted by Gasteiger charge is 2.57. The molecule has 0 radical (unpaired) electrons. The Bertz CT molecular complexity index is 1850. The van der Waals surface area contributed by atoms with Crippen LogP contribution in [-0.2, 0) is 17.1 Å². The lowest BCUT2D eigenvalue weighted by Crippen LogP contribution is -2.32. The fourth-order valence-corrected chi connectivity index (χ4v) is 6.59. The first kappa shape index (κ1) is 27.2. The van der Waals surface area contributed by atoms with E-state index >= 15 is 0 Å². The highest BCUT2D eigenvalue weighted by molar-refractivity contribution is 7.89. The molecule has 1 aromatic carbocycles. The van der Waals surface area contributed by atoms with Crippen LogP contribution in [-0.4, -0.2) is 58.4 Å². The third-order valence-electron chi connectivity index (χ3n) is 7.88. The number of amides is 1. The maximum atomic E-state index is 13.6. The number of piperidine rings is 1. The Kier molecular flexibility index (Phi) is 6.53. The number of fused-ring (bicyclic) bond motifs is 2. The molecule has 1 saturated heterocycles. The van der Waals surface area contributed by atoms with E-state index in [0.29, 0.717) is 34.6 Å². The molecule has 4 heterocycles. The number of nitrogens with zero attached hydrogens (tertiary/aromatic N) is 5. The van der Waals surface area contributed by atoms with Gasteiger partial charge in [0.15, 0.2) is 5.69 Å². The largest absolute Gasteiger partial charge is 0.377 e. The molecule has 4 atom stereocenters. The van der Waals surface area contributed by atoms with Crippen molar-refractivity contribution in [3.05, 3.63) is 74.6 Å². The molecule has 6 rings (SSSR count). The molecule has 3 N–H and O–H groups in total. The number of halogens is 1. The van der Waals surface area contributed by atoms with Crippen molar-refractivity contribution in [2.75, 3.05) is 29.6 Å². The van der Waals surface area contributed by atoms with Crippen LogP contribution in [0.15, 0.2) is 41.3 Å². The van der Waals surface area contributed by atoms with Crippen molar-refractivity contribution in [3.8, 4) is 0 Å². The van der Waals surface area contributed by atoms with Gasteiger partial charge in [-0.3, -0.25) is 19.3 Å². The summed E-state index contributed by atoms with van der Waals surface area (Å²) in [6, 6.07) is 8.43. The molecule has 41 heavy (non-hydrogen) atoms. The maximum Gasteiger partial charge on any atom is 0.285 e. The van der Waals surface area contributed by atoms with E-state index in [-0.39, 0.29) is 22.1 Å². The Hall–Kier alpha value is -3.97. The molecule has 0 spiro atoms. The molecule has 1 saturated carbocycles. The Morgan fingerprint density at radius 2 is 1.90 bits per heavy atom. The van der Waals surface area contributed by atoms with E-state index in [4.69, 9.17) is 16.6 Å². The topological polar surface area (TPSA) is 155 Å². The normalized spacial score (nSPS) is 20.6.